The molecule has 0 spiro atoms. The van der Waals surface area contributed by atoms with Crippen LogP contribution >= 0.6 is 12.4 Å². The van der Waals surface area contributed by atoms with Gasteiger partial charge in [0, 0.05) is 11.3 Å². The highest BCUT2D eigenvalue weighted by molar-refractivity contribution is 5.95. The summed E-state index contributed by atoms with van der Waals surface area (Å²) in [6.45, 7) is 8.12. The van der Waals surface area contributed by atoms with Crippen LogP contribution in [0.3, 0.4) is 0 Å². The Morgan fingerprint density at radius 2 is 1.79 bits per heavy atom. The Morgan fingerprint density at radius 1 is 1.14 bits per heavy atom. The first-order chi connectivity index (χ1) is 13.3. The van der Waals surface area contributed by atoms with E-state index >= 15 is 0 Å². The molecule has 0 bridgehead atoms. The van der Waals surface area contributed by atoms with Crippen LogP contribution in [0.15, 0.2) is 42.5 Å². The monoisotopic (exact) mass is 419 g/mol. The van der Waals surface area contributed by atoms with E-state index in [-0.39, 0.29) is 30.3 Å². The molecular weight excluding hydrogens is 390 g/mol. The van der Waals surface area contributed by atoms with Crippen molar-refractivity contribution < 1.29 is 14.3 Å². The van der Waals surface area contributed by atoms with Gasteiger partial charge in [-0.3, -0.25) is 5.41 Å². The van der Waals surface area contributed by atoms with Crippen LogP contribution in [0.4, 0.5) is 5.69 Å². The topological polar surface area (TPSA) is 97.4 Å². The first kappa shape index (κ1) is 24.3. The molecule has 0 radical (unpaired) electrons. The maximum atomic E-state index is 12.6. The molecule has 0 heterocycles. The van der Waals surface area contributed by atoms with E-state index in [1.807, 2.05) is 32.0 Å². The van der Waals surface area contributed by atoms with Crippen LogP contribution in [0.5, 0.6) is 5.75 Å². The second kappa shape index (κ2) is 11.3. The zero-order valence-electron chi connectivity index (χ0n) is 17.3. The van der Waals surface area contributed by atoms with E-state index in [9.17, 15) is 4.79 Å². The van der Waals surface area contributed by atoms with Gasteiger partial charge in [-0.05, 0) is 74.7 Å². The van der Waals surface area contributed by atoms with E-state index in [1.165, 1.54) is 0 Å². The largest absolute Gasteiger partial charge is 0.491 e. The minimum absolute atomic E-state index is 0. The minimum atomic E-state index is -0.651. The van der Waals surface area contributed by atoms with Crippen molar-refractivity contribution in [2.24, 2.45) is 5.73 Å². The normalized spacial score (nSPS) is 11.3. The summed E-state index contributed by atoms with van der Waals surface area (Å²) < 4.78 is 11.1. The molecule has 0 aliphatic carbocycles. The van der Waals surface area contributed by atoms with Gasteiger partial charge in [0.2, 0.25) is 0 Å². The van der Waals surface area contributed by atoms with Crippen LogP contribution in [-0.2, 0) is 16.0 Å². The summed E-state index contributed by atoms with van der Waals surface area (Å²) in [6, 6.07) is 12.2. The molecule has 1 atom stereocenters. The molecule has 0 amide bonds. The Labute approximate surface area is 178 Å². The molecule has 0 saturated carbocycles. The van der Waals surface area contributed by atoms with Gasteiger partial charge in [-0.1, -0.05) is 13.0 Å². The fourth-order valence-corrected chi connectivity index (χ4v) is 2.84. The number of anilines is 1. The number of carbonyl (C=O) groups excluding carboxylic acids is 1. The van der Waals surface area contributed by atoms with Crippen molar-refractivity contribution in [3.63, 3.8) is 0 Å². The highest BCUT2D eigenvalue weighted by Gasteiger charge is 2.23. The van der Waals surface area contributed by atoms with Gasteiger partial charge in [-0.25, -0.2) is 4.79 Å². The van der Waals surface area contributed by atoms with Gasteiger partial charge in [0.05, 0.1) is 12.7 Å². The van der Waals surface area contributed by atoms with E-state index in [0.29, 0.717) is 12.2 Å². The van der Waals surface area contributed by atoms with Crippen LogP contribution in [0, 0.1) is 5.41 Å². The first-order valence-electron chi connectivity index (χ1n) is 9.52. The van der Waals surface area contributed by atoms with Crippen molar-refractivity contribution in [3.8, 4) is 5.75 Å². The summed E-state index contributed by atoms with van der Waals surface area (Å²) in [5, 5.41) is 10.7. The summed E-state index contributed by atoms with van der Waals surface area (Å²) in [4.78, 5) is 12.6. The number of ether oxygens (including phenoxy) is 2. The number of aryl methyl sites for hydroxylation is 1. The third-order valence-electron chi connectivity index (χ3n) is 4.19. The third-order valence-corrected chi connectivity index (χ3v) is 4.19. The molecule has 0 aromatic heterocycles. The van der Waals surface area contributed by atoms with Gasteiger partial charge in [-0.2, -0.15) is 0 Å². The lowest BCUT2D eigenvalue weighted by atomic mass is 10.0. The molecule has 4 N–H and O–H groups in total. The Hall–Kier alpha value is -2.73. The number of amidine groups is 1. The fourth-order valence-electron chi connectivity index (χ4n) is 2.84. The van der Waals surface area contributed by atoms with Gasteiger partial charge in [0.25, 0.3) is 0 Å². The predicted octanol–water partition coefficient (Wildman–Crippen LogP) is 4.46. The number of nitrogens with one attached hydrogen (secondary N) is 2. The molecule has 0 aliphatic rings. The number of halogens is 1. The zero-order chi connectivity index (χ0) is 20.7. The van der Waals surface area contributed by atoms with Crippen LogP contribution in [-0.4, -0.2) is 24.5 Å². The fraction of sp³-hybridized carbons (Fsp3) is 0.364. The lowest BCUT2D eigenvalue weighted by Crippen LogP contribution is -2.24. The Morgan fingerprint density at radius 3 is 2.31 bits per heavy atom. The van der Waals surface area contributed by atoms with E-state index in [1.54, 1.807) is 31.2 Å². The Bertz CT molecular complexity index is 823. The molecule has 6 nitrogen and oxygen atoms in total. The van der Waals surface area contributed by atoms with Gasteiger partial charge < -0.3 is 20.5 Å². The molecule has 2 rings (SSSR count). The van der Waals surface area contributed by atoms with E-state index < -0.39 is 6.04 Å². The molecule has 0 fully saturated rings. The molecule has 0 saturated heterocycles. The highest BCUT2D eigenvalue weighted by atomic mass is 35.5. The van der Waals surface area contributed by atoms with Crippen molar-refractivity contribution >= 4 is 29.9 Å². The summed E-state index contributed by atoms with van der Waals surface area (Å²) in [5.41, 5.74) is 8.71. The molecule has 29 heavy (non-hydrogen) atoms. The Kier molecular flexibility index (Phi) is 9.48. The van der Waals surface area contributed by atoms with Gasteiger partial charge in [0.1, 0.15) is 11.6 Å². The number of hydrogen-bond acceptors (Lipinski definition) is 5. The predicted molar refractivity (Wildman–Crippen MR) is 119 cm³/mol. The summed E-state index contributed by atoms with van der Waals surface area (Å²) in [6.07, 6.45) is 0.869. The first-order valence-corrected chi connectivity index (χ1v) is 9.52. The SMILES string of the molecule is CCOC(=O)C(Nc1ccc(C(=N)N)cc1)c1ccc(OC(C)C)c(CC)c1.Cl. The number of nitrogen functional groups attached to an aromatic ring is 1. The summed E-state index contributed by atoms with van der Waals surface area (Å²) >= 11 is 0. The quantitative estimate of drug-likeness (QED) is 0.316. The Balaban J connectivity index is 0.00000420. The van der Waals surface area contributed by atoms with Gasteiger partial charge in [-0.15, -0.1) is 12.4 Å². The van der Waals surface area contributed by atoms with Crippen LogP contribution in [0.25, 0.3) is 0 Å². The van der Waals surface area contributed by atoms with Crippen molar-refractivity contribution in [1.29, 1.82) is 5.41 Å². The summed E-state index contributed by atoms with van der Waals surface area (Å²) in [7, 11) is 0. The number of esters is 1. The van der Waals surface area contributed by atoms with Crippen LogP contribution in [0.2, 0.25) is 0 Å². The van der Waals surface area contributed by atoms with Crippen molar-refractivity contribution in [2.45, 2.75) is 46.3 Å². The maximum Gasteiger partial charge on any atom is 0.333 e. The molecule has 2 aromatic carbocycles. The summed E-state index contributed by atoms with van der Waals surface area (Å²) in [5.74, 6) is 0.481. The number of carbonyl (C=O) groups is 1. The molecule has 158 valence electrons. The number of benzene rings is 2. The van der Waals surface area contributed by atoms with Gasteiger partial charge in [0.15, 0.2) is 6.04 Å². The van der Waals surface area contributed by atoms with E-state index in [2.05, 4.69) is 12.2 Å². The molecule has 7 heteroatoms. The third kappa shape index (κ3) is 6.68. The number of nitrogens with two attached hydrogens (primary N) is 1. The highest BCUT2D eigenvalue weighted by Crippen LogP contribution is 2.28. The maximum absolute atomic E-state index is 12.6. The van der Waals surface area contributed by atoms with Gasteiger partial charge >= 0.3 is 5.97 Å². The lowest BCUT2D eigenvalue weighted by molar-refractivity contribution is -0.144. The molecule has 1 unspecified atom stereocenters. The van der Waals surface area contributed by atoms with E-state index in [4.69, 9.17) is 20.6 Å². The smallest absolute Gasteiger partial charge is 0.333 e. The molecule has 2 aromatic rings. The lowest BCUT2D eigenvalue weighted by Gasteiger charge is -2.21. The number of rotatable bonds is 9. The van der Waals surface area contributed by atoms with Crippen molar-refractivity contribution in [1.82, 2.24) is 0 Å². The van der Waals surface area contributed by atoms with Crippen molar-refractivity contribution in [3.05, 3.63) is 59.2 Å². The van der Waals surface area contributed by atoms with E-state index in [0.717, 1.165) is 29.0 Å². The standard InChI is InChI=1S/C22H29N3O3.ClH/c1-5-15-13-17(9-12-19(15)28-14(3)4)20(22(26)27-6-2)25-18-10-7-16(8-11-18)21(23)24;/h7-14,20,25H,5-6H2,1-4H3,(H3,23,24);1H. The number of hydrogen-bond donors (Lipinski definition) is 3. The van der Waals surface area contributed by atoms with Crippen molar-refractivity contribution in [2.75, 3.05) is 11.9 Å². The second-order valence-electron chi connectivity index (χ2n) is 6.71. The average Bonchev–Trinajstić information content (AvgIpc) is 2.66. The van der Waals surface area contributed by atoms with Crippen LogP contribution in [0.1, 0.15) is 50.4 Å². The van der Waals surface area contributed by atoms with Crippen LogP contribution < -0.4 is 15.8 Å². The average molecular weight is 420 g/mol. The zero-order valence-corrected chi connectivity index (χ0v) is 18.1. The molecular formula is C22H30ClN3O3. The molecule has 0 aliphatic heterocycles. The second-order valence-corrected chi connectivity index (χ2v) is 6.71. The minimum Gasteiger partial charge on any atom is -0.491 e.